The van der Waals surface area contributed by atoms with Gasteiger partial charge in [-0.3, -0.25) is 4.79 Å². The maximum atomic E-state index is 15.4. The molecule has 9 heteroatoms. The molecule has 1 aliphatic heterocycles. The molecule has 1 saturated heterocycles. The van der Waals surface area contributed by atoms with Gasteiger partial charge in [0.05, 0.1) is 29.3 Å². The van der Waals surface area contributed by atoms with E-state index in [0.29, 0.717) is 31.4 Å². The normalized spacial score (nSPS) is 18.8. The number of pyridine rings is 1. The molecule has 4 rings (SSSR count). The molecule has 1 aromatic carbocycles. The molecule has 0 amide bonds. The van der Waals surface area contributed by atoms with Crippen LogP contribution >= 0.6 is 0 Å². The van der Waals surface area contributed by atoms with Gasteiger partial charge in [-0.25, -0.2) is 9.18 Å². The molecule has 2 heterocycles. The summed E-state index contributed by atoms with van der Waals surface area (Å²) in [5.74, 6) is -2.03. The summed E-state index contributed by atoms with van der Waals surface area (Å²) < 4.78 is 22.7. The summed E-state index contributed by atoms with van der Waals surface area (Å²) in [5, 5.41) is 19.5. The molecule has 29 heavy (non-hydrogen) atoms. The number of nitrogens with two attached hydrogens (primary N) is 1. The van der Waals surface area contributed by atoms with E-state index in [-0.39, 0.29) is 28.6 Å². The summed E-state index contributed by atoms with van der Waals surface area (Å²) in [6.45, 7) is 2.53. The quantitative estimate of drug-likeness (QED) is 0.667. The van der Waals surface area contributed by atoms with Crippen LogP contribution in [-0.4, -0.2) is 46.5 Å². The summed E-state index contributed by atoms with van der Waals surface area (Å²) in [6, 6.07) is 0.00454. The molecule has 1 saturated carbocycles. The van der Waals surface area contributed by atoms with Gasteiger partial charge in [0.25, 0.3) is 0 Å². The van der Waals surface area contributed by atoms with Gasteiger partial charge in [-0.15, -0.1) is 0 Å². The predicted molar refractivity (Wildman–Crippen MR) is 106 cm³/mol. The minimum Gasteiger partial charge on any atom is -0.492 e. The molecule has 2 aliphatic rings. The van der Waals surface area contributed by atoms with Gasteiger partial charge in [-0.2, -0.15) is 0 Å². The number of aliphatic hydroxyl groups is 1. The predicted octanol–water partition coefficient (Wildman–Crippen LogP) is 2.12. The van der Waals surface area contributed by atoms with Gasteiger partial charge in [-0.1, -0.05) is 0 Å². The SMILES string of the molecule is COc1c(N2CCC(C)(O)CC2)c(F)c(N)c2c(=O)c(C(=O)O)cn(C3CC3)c12. The molecule has 156 valence electrons. The largest absolute Gasteiger partial charge is 0.492 e. The highest BCUT2D eigenvalue weighted by Crippen LogP contribution is 2.46. The minimum atomic E-state index is -1.38. The molecule has 0 radical (unpaired) electrons. The first kappa shape index (κ1) is 19.5. The second kappa shape index (κ2) is 6.62. The summed E-state index contributed by atoms with van der Waals surface area (Å²) in [5.41, 5.74) is 4.03. The van der Waals surface area contributed by atoms with Crippen molar-refractivity contribution in [3.63, 3.8) is 0 Å². The average Bonchev–Trinajstić information content (AvgIpc) is 3.49. The number of halogens is 1. The fourth-order valence-electron chi connectivity index (χ4n) is 4.04. The lowest BCUT2D eigenvalue weighted by atomic mass is 9.93. The fourth-order valence-corrected chi connectivity index (χ4v) is 4.04. The zero-order valence-electron chi connectivity index (χ0n) is 16.4. The van der Waals surface area contributed by atoms with Crippen LogP contribution in [0.3, 0.4) is 0 Å². The second-order valence-electron chi connectivity index (χ2n) is 8.13. The Morgan fingerprint density at radius 3 is 2.48 bits per heavy atom. The number of methoxy groups -OCH3 is 1. The van der Waals surface area contributed by atoms with Crippen molar-refractivity contribution in [3.05, 3.63) is 27.8 Å². The zero-order chi connectivity index (χ0) is 21.1. The van der Waals surface area contributed by atoms with Gasteiger partial charge in [0.1, 0.15) is 11.3 Å². The number of rotatable bonds is 4. The van der Waals surface area contributed by atoms with Crippen molar-refractivity contribution in [1.82, 2.24) is 4.57 Å². The van der Waals surface area contributed by atoms with Gasteiger partial charge in [0, 0.05) is 25.3 Å². The van der Waals surface area contributed by atoms with E-state index in [1.807, 2.05) is 0 Å². The van der Waals surface area contributed by atoms with Gasteiger partial charge >= 0.3 is 5.97 Å². The first-order valence-electron chi connectivity index (χ1n) is 9.60. The fraction of sp³-hybridized carbons (Fsp3) is 0.500. The van der Waals surface area contributed by atoms with Crippen molar-refractivity contribution in [2.24, 2.45) is 0 Å². The van der Waals surface area contributed by atoms with Crippen LogP contribution in [0.5, 0.6) is 5.75 Å². The lowest BCUT2D eigenvalue weighted by Gasteiger charge is -2.38. The highest BCUT2D eigenvalue weighted by Gasteiger charge is 2.35. The van der Waals surface area contributed by atoms with Crippen molar-refractivity contribution in [2.75, 3.05) is 30.8 Å². The molecule has 2 aromatic rings. The molecule has 0 bridgehead atoms. The summed E-state index contributed by atoms with van der Waals surface area (Å²) in [7, 11) is 1.39. The van der Waals surface area contributed by atoms with Crippen LogP contribution in [0.25, 0.3) is 10.9 Å². The number of carboxylic acid groups (broad SMARTS) is 1. The molecular formula is C20H24FN3O5. The Kier molecular flexibility index (Phi) is 4.45. The number of fused-ring (bicyclic) bond motifs is 1. The number of benzene rings is 1. The number of aromatic nitrogens is 1. The first-order valence-corrected chi connectivity index (χ1v) is 9.60. The molecule has 8 nitrogen and oxygen atoms in total. The number of hydrogen-bond acceptors (Lipinski definition) is 6. The van der Waals surface area contributed by atoms with Crippen LogP contribution in [0.4, 0.5) is 15.8 Å². The Bertz CT molecular complexity index is 1060. The third kappa shape index (κ3) is 3.09. The van der Waals surface area contributed by atoms with Crippen molar-refractivity contribution < 1.29 is 24.1 Å². The number of piperidine rings is 1. The Balaban J connectivity index is 2.04. The molecule has 2 fully saturated rings. The lowest BCUT2D eigenvalue weighted by Crippen LogP contribution is -2.43. The van der Waals surface area contributed by atoms with Crippen molar-refractivity contribution in [3.8, 4) is 5.75 Å². The second-order valence-corrected chi connectivity index (χ2v) is 8.13. The number of aromatic carboxylic acids is 1. The molecule has 0 unspecified atom stereocenters. The van der Waals surface area contributed by atoms with Crippen LogP contribution in [0.15, 0.2) is 11.0 Å². The van der Waals surface area contributed by atoms with Crippen molar-refractivity contribution in [1.29, 1.82) is 0 Å². The Morgan fingerprint density at radius 2 is 1.97 bits per heavy atom. The Morgan fingerprint density at radius 1 is 1.34 bits per heavy atom. The standard InChI is InChI=1S/C20H24FN3O5/c1-20(28)5-7-23(8-6-20)16-13(21)14(22)12-15(18(16)29-2)24(10-3-4-10)9-11(17(12)25)19(26)27/h9-10,28H,3-8,22H2,1-2H3,(H,26,27). The number of carbonyl (C=O) groups is 1. The van der Waals surface area contributed by atoms with Crippen LogP contribution in [0.2, 0.25) is 0 Å². The molecular weight excluding hydrogens is 381 g/mol. The molecule has 1 aromatic heterocycles. The number of anilines is 2. The third-order valence-corrected chi connectivity index (χ3v) is 5.91. The molecule has 0 spiro atoms. The zero-order valence-corrected chi connectivity index (χ0v) is 16.4. The summed E-state index contributed by atoms with van der Waals surface area (Å²) >= 11 is 0. The highest BCUT2D eigenvalue weighted by molar-refractivity contribution is 6.03. The van der Waals surface area contributed by atoms with E-state index >= 15 is 4.39 Å². The van der Waals surface area contributed by atoms with E-state index < -0.39 is 28.4 Å². The minimum absolute atomic E-state index is 0.00454. The van der Waals surface area contributed by atoms with Gasteiger partial charge in [-0.05, 0) is 32.6 Å². The van der Waals surface area contributed by atoms with Crippen LogP contribution in [-0.2, 0) is 0 Å². The van der Waals surface area contributed by atoms with Gasteiger partial charge in [0.2, 0.25) is 5.43 Å². The van der Waals surface area contributed by atoms with E-state index in [1.165, 1.54) is 13.3 Å². The maximum Gasteiger partial charge on any atom is 0.341 e. The summed E-state index contributed by atoms with van der Waals surface area (Å²) in [4.78, 5) is 26.2. The number of ether oxygens (including phenoxy) is 1. The van der Waals surface area contributed by atoms with Crippen LogP contribution in [0, 0.1) is 5.82 Å². The smallest absolute Gasteiger partial charge is 0.341 e. The van der Waals surface area contributed by atoms with E-state index in [1.54, 1.807) is 16.4 Å². The highest BCUT2D eigenvalue weighted by atomic mass is 19.1. The van der Waals surface area contributed by atoms with E-state index in [2.05, 4.69) is 0 Å². The monoisotopic (exact) mass is 405 g/mol. The van der Waals surface area contributed by atoms with E-state index in [4.69, 9.17) is 10.5 Å². The first-order chi connectivity index (χ1) is 13.7. The third-order valence-electron chi connectivity index (χ3n) is 5.91. The van der Waals surface area contributed by atoms with E-state index in [0.717, 1.165) is 12.8 Å². The lowest BCUT2D eigenvalue weighted by molar-refractivity contribution is 0.0349. The van der Waals surface area contributed by atoms with Gasteiger partial charge in [0.15, 0.2) is 11.6 Å². The number of nitrogen functional groups attached to an aromatic ring is 1. The van der Waals surface area contributed by atoms with Crippen LogP contribution < -0.4 is 20.8 Å². The Labute approximate surface area is 166 Å². The van der Waals surface area contributed by atoms with Crippen molar-refractivity contribution >= 4 is 28.2 Å². The molecule has 1 aliphatic carbocycles. The number of nitrogens with zero attached hydrogens (tertiary/aromatic N) is 2. The van der Waals surface area contributed by atoms with Crippen molar-refractivity contribution in [2.45, 2.75) is 44.2 Å². The van der Waals surface area contributed by atoms with Crippen LogP contribution in [0.1, 0.15) is 49.0 Å². The maximum absolute atomic E-state index is 15.4. The Hall–Kier alpha value is -2.81. The number of carboxylic acids is 1. The average molecular weight is 405 g/mol. The summed E-state index contributed by atoms with van der Waals surface area (Å²) in [6.07, 6.45) is 3.83. The van der Waals surface area contributed by atoms with E-state index in [9.17, 15) is 19.8 Å². The number of hydrogen-bond donors (Lipinski definition) is 3. The molecule has 0 atom stereocenters. The molecule has 4 N–H and O–H groups in total. The van der Waals surface area contributed by atoms with Gasteiger partial charge < -0.3 is 30.2 Å². The topological polar surface area (TPSA) is 118 Å².